The summed E-state index contributed by atoms with van der Waals surface area (Å²) >= 11 is 0. The number of carbonyl (C=O) groups is 3. The summed E-state index contributed by atoms with van der Waals surface area (Å²) < 4.78 is 17.3. The molecule has 4 rings (SSSR count). The number of aliphatic imine (C=N–C) groups is 1. The number of ether oxygens (including phenoxy) is 3. The van der Waals surface area contributed by atoms with Crippen LogP contribution in [0.3, 0.4) is 0 Å². The predicted molar refractivity (Wildman–Crippen MR) is 199 cm³/mol. The minimum absolute atomic E-state index is 0.0130. The molecule has 4 aromatic rings. The number of aromatic nitrogens is 2. The Bertz CT molecular complexity index is 1960. The summed E-state index contributed by atoms with van der Waals surface area (Å²) in [4.78, 5) is 63.2. The zero-order chi connectivity index (χ0) is 38.0. The number of fused-ring (bicyclic) bond motifs is 1. The summed E-state index contributed by atoms with van der Waals surface area (Å²) in [5.41, 5.74) is 6.16. The first-order valence-electron chi connectivity index (χ1n) is 16.9. The average Bonchev–Trinajstić information content (AvgIpc) is 3.51. The fraction of sp³-hybridized carbons (Fsp3) is 0.395. The van der Waals surface area contributed by atoms with Crippen LogP contribution in [0.4, 0.5) is 16.2 Å². The lowest BCUT2D eigenvalue weighted by molar-refractivity contribution is -0.124. The number of aromatic amines is 1. The van der Waals surface area contributed by atoms with Crippen LogP contribution in [0.25, 0.3) is 22.2 Å². The van der Waals surface area contributed by atoms with E-state index < -0.39 is 17.6 Å². The van der Waals surface area contributed by atoms with Crippen molar-refractivity contribution in [3.05, 3.63) is 65.5 Å². The summed E-state index contributed by atoms with van der Waals surface area (Å²) in [5, 5.41) is 4.32. The lowest BCUT2D eigenvalue weighted by Gasteiger charge is -2.23. The average molecular weight is 714 g/mol. The van der Waals surface area contributed by atoms with Gasteiger partial charge in [-0.1, -0.05) is 18.2 Å². The zero-order valence-electron chi connectivity index (χ0n) is 31.0. The van der Waals surface area contributed by atoms with Gasteiger partial charge in [-0.25, -0.2) is 19.6 Å². The standard InChI is InChI=1S/C38H47N7O7/c1-24-16-19-29(30(21-24)51-20-11-9-10-15-32(47)43-44(5)6)45(7)36(48)27-18-17-26(35(50-8)34(27)40-23-46)25-13-12-14-28-33(25)42-31(41-28)22-39-37(49)52-38(2,3)4/h12-14,16-19,21H,9-11,15,20,22H2,1-8H3,(H,39,49)(H,41,42)(H,43,47). The van der Waals surface area contributed by atoms with Crippen LogP contribution in [0.15, 0.2) is 53.5 Å². The second kappa shape index (κ2) is 17.5. The molecule has 0 aliphatic heterocycles. The van der Waals surface area contributed by atoms with Crippen LogP contribution in [0.2, 0.25) is 0 Å². The van der Waals surface area contributed by atoms with Crippen molar-refractivity contribution in [3.8, 4) is 22.6 Å². The Labute approximate surface area is 303 Å². The van der Waals surface area contributed by atoms with Crippen molar-refractivity contribution in [3.63, 3.8) is 0 Å². The molecule has 0 unspecified atom stereocenters. The Morgan fingerprint density at radius 2 is 1.77 bits per heavy atom. The first kappa shape index (κ1) is 39.1. The van der Waals surface area contributed by atoms with E-state index in [1.54, 1.807) is 71.2 Å². The molecule has 1 heterocycles. The van der Waals surface area contributed by atoms with E-state index in [1.807, 2.05) is 37.3 Å². The Morgan fingerprint density at radius 3 is 2.46 bits per heavy atom. The molecule has 14 heteroatoms. The molecule has 0 fully saturated rings. The molecular formula is C38H47N7O7. The topological polar surface area (TPSA) is 168 Å². The Morgan fingerprint density at radius 1 is 1.00 bits per heavy atom. The van der Waals surface area contributed by atoms with Crippen molar-refractivity contribution in [2.75, 3.05) is 39.8 Å². The smallest absolute Gasteiger partial charge is 0.408 e. The van der Waals surface area contributed by atoms with Crippen LogP contribution in [-0.4, -0.2) is 79.4 Å². The molecule has 0 atom stereocenters. The van der Waals surface area contributed by atoms with Gasteiger partial charge in [-0.05, 0) is 82.9 Å². The molecule has 0 aliphatic carbocycles. The number of rotatable bonds is 15. The van der Waals surface area contributed by atoms with Gasteiger partial charge in [-0.2, -0.15) is 4.99 Å². The van der Waals surface area contributed by atoms with Crippen molar-refractivity contribution in [2.45, 2.75) is 65.5 Å². The van der Waals surface area contributed by atoms with Gasteiger partial charge in [0.05, 0.1) is 42.5 Å². The maximum atomic E-state index is 14.1. The number of anilines is 1. The third-order valence-electron chi connectivity index (χ3n) is 7.81. The molecule has 0 spiro atoms. The number of nitrogens with one attached hydrogen (secondary N) is 3. The number of alkyl carbamates (subject to hydrolysis) is 1. The van der Waals surface area contributed by atoms with Gasteiger partial charge in [0.15, 0.2) is 5.75 Å². The number of aryl methyl sites for hydroxylation is 1. The number of para-hydroxylation sites is 1. The number of nitrogens with zero attached hydrogens (tertiary/aromatic N) is 4. The minimum atomic E-state index is -0.643. The lowest BCUT2D eigenvalue weighted by Crippen LogP contribution is -2.35. The number of amides is 3. The van der Waals surface area contributed by atoms with E-state index in [0.717, 1.165) is 24.8 Å². The van der Waals surface area contributed by atoms with E-state index in [0.29, 0.717) is 52.4 Å². The van der Waals surface area contributed by atoms with Crippen molar-refractivity contribution in [1.29, 1.82) is 0 Å². The van der Waals surface area contributed by atoms with Gasteiger partial charge in [0.1, 0.15) is 22.9 Å². The molecule has 0 saturated heterocycles. The van der Waals surface area contributed by atoms with Gasteiger partial charge in [-0.3, -0.25) is 15.0 Å². The molecule has 3 amide bonds. The zero-order valence-corrected chi connectivity index (χ0v) is 31.0. The van der Waals surface area contributed by atoms with Crippen LogP contribution < -0.4 is 25.1 Å². The maximum Gasteiger partial charge on any atom is 0.408 e. The summed E-state index contributed by atoms with van der Waals surface area (Å²) in [7, 11) is 6.59. The number of carbonyl (C=O) groups excluding carboxylic acids is 4. The van der Waals surface area contributed by atoms with Crippen LogP contribution >= 0.6 is 0 Å². The number of hydrogen-bond donors (Lipinski definition) is 3. The highest BCUT2D eigenvalue weighted by molar-refractivity contribution is 6.11. The highest BCUT2D eigenvalue weighted by Crippen LogP contribution is 2.43. The van der Waals surface area contributed by atoms with Gasteiger partial charge in [-0.15, -0.1) is 0 Å². The number of H-pyrrole nitrogens is 1. The van der Waals surface area contributed by atoms with Crippen molar-refractivity contribution in [2.24, 2.45) is 4.99 Å². The number of hydrogen-bond acceptors (Lipinski definition) is 10. The van der Waals surface area contributed by atoms with E-state index in [4.69, 9.17) is 19.2 Å². The molecule has 1 aromatic heterocycles. The number of benzene rings is 3. The molecule has 0 saturated carbocycles. The van der Waals surface area contributed by atoms with Gasteiger partial charge in [0, 0.05) is 38.7 Å². The van der Waals surface area contributed by atoms with Crippen LogP contribution in [0, 0.1) is 6.92 Å². The first-order valence-corrected chi connectivity index (χ1v) is 16.9. The lowest BCUT2D eigenvalue weighted by atomic mass is 9.98. The second-order valence-corrected chi connectivity index (χ2v) is 13.4. The largest absolute Gasteiger partial charge is 0.494 e. The summed E-state index contributed by atoms with van der Waals surface area (Å²) in [6.07, 6.45) is 3.67. The molecule has 3 aromatic carbocycles. The number of imidazole rings is 1. The third-order valence-corrected chi connectivity index (χ3v) is 7.81. The van der Waals surface area contributed by atoms with E-state index in [2.05, 4.69) is 20.7 Å². The van der Waals surface area contributed by atoms with Crippen LogP contribution in [0.5, 0.6) is 11.5 Å². The number of hydrazine groups is 1. The molecule has 0 radical (unpaired) electrons. The molecule has 14 nitrogen and oxygen atoms in total. The molecule has 276 valence electrons. The fourth-order valence-electron chi connectivity index (χ4n) is 5.53. The van der Waals surface area contributed by atoms with Crippen molar-refractivity contribution >= 4 is 46.4 Å². The monoisotopic (exact) mass is 713 g/mol. The Kier molecular flexibility index (Phi) is 13.1. The molecule has 0 bridgehead atoms. The molecular weight excluding hydrogens is 666 g/mol. The fourth-order valence-corrected chi connectivity index (χ4v) is 5.53. The van der Waals surface area contributed by atoms with Gasteiger partial charge in [0.25, 0.3) is 5.91 Å². The van der Waals surface area contributed by atoms with E-state index >= 15 is 0 Å². The van der Waals surface area contributed by atoms with E-state index in [-0.39, 0.29) is 29.5 Å². The normalized spacial score (nSPS) is 11.2. The van der Waals surface area contributed by atoms with Gasteiger partial charge < -0.3 is 29.4 Å². The highest BCUT2D eigenvalue weighted by Gasteiger charge is 2.26. The van der Waals surface area contributed by atoms with E-state index in [9.17, 15) is 19.2 Å². The van der Waals surface area contributed by atoms with E-state index in [1.165, 1.54) is 12.0 Å². The number of isocyanates is 1. The minimum Gasteiger partial charge on any atom is -0.494 e. The third kappa shape index (κ3) is 10.2. The molecule has 3 N–H and O–H groups in total. The van der Waals surface area contributed by atoms with Gasteiger partial charge in [0.2, 0.25) is 12.0 Å². The van der Waals surface area contributed by atoms with Crippen molar-refractivity contribution in [1.82, 2.24) is 25.7 Å². The summed E-state index contributed by atoms with van der Waals surface area (Å²) in [5.74, 6) is 0.717. The maximum absolute atomic E-state index is 14.1. The molecule has 52 heavy (non-hydrogen) atoms. The predicted octanol–water partition coefficient (Wildman–Crippen LogP) is 6.35. The first-order chi connectivity index (χ1) is 24.7. The Hall–Kier alpha value is -5.72. The quantitative estimate of drug-likeness (QED) is 0.0551. The SMILES string of the molecule is COc1c(-c2cccc3[nH]c(CNC(=O)OC(C)(C)C)nc23)ccc(C(=O)N(C)c2ccc(C)cc2OCCCCCC(=O)NN(C)C)c1N=C=O. The van der Waals surface area contributed by atoms with Crippen molar-refractivity contribution < 1.29 is 33.4 Å². The summed E-state index contributed by atoms with van der Waals surface area (Å²) in [6.45, 7) is 7.77. The summed E-state index contributed by atoms with van der Waals surface area (Å²) in [6, 6.07) is 14.4. The van der Waals surface area contributed by atoms with Crippen LogP contribution in [-0.2, 0) is 20.9 Å². The van der Waals surface area contributed by atoms with Gasteiger partial charge >= 0.3 is 6.09 Å². The molecule has 0 aliphatic rings. The highest BCUT2D eigenvalue weighted by atomic mass is 16.6. The number of methoxy groups -OCH3 is 1. The number of unbranched alkanes of at least 4 members (excludes halogenated alkanes) is 2. The van der Waals surface area contributed by atoms with Crippen LogP contribution in [0.1, 0.15) is 68.2 Å². The Balaban J connectivity index is 1.58. The second-order valence-electron chi connectivity index (χ2n) is 13.4.